The van der Waals surface area contributed by atoms with Gasteiger partial charge < -0.3 is 15.3 Å². The Morgan fingerprint density at radius 3 is 2.95 bits per heavy atom. The van der Waals surface area contributed by atoms with Crippen LogP contribution in [0.15, 0.2) is 18.2 Å². The third kappa shape index (κ3) is 3.30. The molecule has 1 aromatic rings. The minimum atomic E-state index is -1.13. The van der Waals surface area contributed by atoms with Crippen LogP contribution in [0.4, 0.5) is 11.4 Å². The number of nitro groups is 1. The fourth-order valence-electron chi connectivity index (χ4n) is 2.91. The summed E-state index contributed by atoms with van der Waals surface area (Å²) < 4.78 is 0. The van der Waals surface area contributed by atoms with Crippen molar-refractivity contribution in [3.63, 3.8) is 0 Å². The standard InChI is InChI=1S/C14H19N3O4/c1-15-8-10-4-3-7-16(9-10)13-11(14(18)19)5-2-6-12(13)17(20)21/h2,5-6,10,15H,3-4,7-9H2,1H3,(H,18,19). The van der Waals surface area contributed by atoms with E-state index in [9.17, 15) is 20.0 Å². The summed E-state index contributed by atoms with van der Waals surface area (Å²) in [5, 5.41) is 23.6. The highest BCUT2D eigenvalue weighted by atomic mass is 16.6. The number of carboxylic acids is 1. The molecule has 0 aliphatic carbocycles. The zero-order chi connectivity index (χ0) is 15.4. The predicted octanol–water partition coefficient (Wildman–Crippen LogP) is 1.73. The van der Waals surface area contributed by atoms with Crippen LogP contribution in [0, 0.1) is 16.0 Å². The van der Waals surface area contributed by atoms with Crippen LogP contribution < -0.4 is 10.2 Å². The lowest BCUT2D eigenvalue weighted by Gasteiger charge is -2.34. The molecule has 0 saturated carbocycles. The molecule has 1 unspecified atom stereocenters. The average Bonchev–Trinajstić information content (AvgIpc) is 2.47. The van der Waals surface area contributed by atoms with Gasteiger partial charge in [0.1, 0.15) is 5.69 Å². The Morgan fingerprint density at radius 1 is 1.57 bits per heavy atom. The zero-order valence-electron chi connectivity index (χ0n) is 11.9. The average molecular weight is 293 g/mol. The topological polar surface area (TPSA) is 95.7 Å². The molecule has 7 nitrogen and oxygen atoms in total. The van der Waals surface area contributed by atoms with Crippen molar-refractivity contribution in [2.75, 3.05) is 31.6 Å². The van der Waals surface area contributed by atoms with E-state index in [1.54, 1.807) is 0 Å². The first-order valence-corrected chi connectivity index (χ1v) is 6.94. The number of aromatic carboxylic acids is 1. The molecule has 1 aliphatic rings. The molecule has 1 saturated heterocycles. The maximum Gasteiger partial charge on any atom is 0.338 e. The Kier molecular flexibility index (Phi) is 4.74. The van der Waals surface area contributed by atoms with E-state index in [0.717, 1.165) is 19.4 Å². The van der Waals surface area contributed by atoms with Crippen molar-refractivity contribution in [2.45, 2.75) is 12.8 Å². The molecular weight excluding hydrogens is 274 g/mol. The summed E-state index contributed by atoms with van der Waals surface area (Å²) in [7, 11) is 1.87. The largest absolute Gasteiger partial charge is 0.478 e. The number of piperidine rings is 1. The summed E-state index contributed by atoms with van der Waals surface area (Å²) in [5.41, 5.74) is 0.0881. The van der Waals surface area contributed by atoms with Gasteiger partial charge in [0.15, 0.2) is 0 Å². The molecule has 21 heavy (non-hydrogen) atoms. The van der Waals surface area contributed by atoms with Crippen LogP contribution in [-0.4, -0.2) is 42.7 Å². The molecule has 7 heteroatoms. The number of nitrogens with one attached hydrogen (secondary N) is 1. The fraction of sp³-hybridized carbons (Fsp3) is 0.500. The maximum atomic E-state index is 11.4. The predicted molar refractivity (Wildman–Crippen MR) is 78.9 cm³/mol. The van der Waals surface area contributed by atoms with Gasteiger partial charge in [0.2, 0.25) is 0 Å². The van der Waals surface area contributed by atoms with Crippen molar-refractivity contribution >= 4 is 17.3 Å². The number of carbonyl (C=O) groups is 1. The van der Waals surface area contributed by atoms with Gasteiger partial charge in [0, 0.05) is 19.2 Å². The van der Waals surface area contributed by atoms with Gasteiger partial charge in [-0.1, -0.05) is 6.07 Å². The molecule has 1 aromatic carbocycles. The van der Waals surface area contributed by atoms with E-state index in [0.29, 0.717) is 19.0 Å². The number of para-hydroxylation sites is 1. The van der Waals surface area contributed by atoms with Crippen LogP contribution in [0.25, 0.3) is 0 Å². The molecule has 114 valence electrons. The molecule has 1 atom stereocenters. The van der Waals surface area contributed by atoms with Crippen molar-refractivity contribution in [3.05, 3.63) is 33.9 Å². The normalized spacial score (nSPS) is 18.5. The lowest BCUT2D eigenvalue weighted by atomic mass is 9.96. The quantitative estimate of drug-likeness (QED) is 0.634. The van der Waals surface area contributed by atoms with Crippen molar-refractivity contribution in [2.24, 2.45) is 5.92 Å². The second kappa shape index (κ2) is 6.53. The molecule has 0 bridgehead atoms. The van der Waals surface area contributed by atoms with E-state index in [1.807, 2.05) is 11.9 Å². The lowest BCUT2D eigenvalue weighted by Crippen LogP contribution is -2.40. The molecule has 1 aliphatic heterocycles. The van der Waals surface area contributed by atoms with Crippen LogP contribution in [-0.2, 0) is 0 Å². The van der Waals surface area contributed by atoms with E-state index >= 15 is 0 Å². The lowest BCUT2D eigenvalue weighted by molar-refractivity contribution is -0.384. The molecule has 1 fully saturated rings. The second-order valence-electron chi connectivity index (χ2n) is 5.25. The molecule has 0 amide bonds. The van der Waals surface area contributed by atoms with E-state index in [-0.39, 0.29) is 16.9 Å². The first kappa shape index (κ1) is 15.2. The third-order valence-corrected chi connectivity index (χ3v) is 3.77. The molecule has 0 aromatic heterocycles. The maximum absolute atomic E-state index is 11.4. The Balaban J connectivity index is 2.40. The van der Waals surface area contributed by atoms with Gasteiger partial charge in [-0.3, -0.25) is 10.1 Å². The summed E-state index contributed by atoms with van der Waals surface area (Å²) in [6.45, 7) is 2.09. The number of nitrogens with zero attached hydrogens (tertiary/aromatic N) is 2. The van der Waals surface area contributed by atoms with Crippen LogP contribution >= 0.6 is 0 Å². The first-order valence-electron chi connectivity index (χ1n) is 6.94. The van der Waals surface area contributed by atoms with E-state index in [2.05, 4.69) is 5.32 Å². The summed E-state index contributed by atoms with van der Waals surface area (Å²) in [6.07, 6.45) is 1.94. The zero-order valence-corrected chi connectivity index (χ0v) is 11.9. The van der Waals surface area contributed by atoms with E-state index in [4.69, 9.17) is 0 Å². The van der Waals surface area contributed by atoms with Gasteiger partial charge in [0.25, 0.3) is 5.69 Å². The first-order chi connectivity index (χ1) is 10.0. The van der Waals surface area contributed by atoms with Crippen molar-refractivity contribution in [3.8, 4) is 0 Å². The highest BCUT2D eigenvalue weighted by Crippen LogP contribution is 2.34. The summed E-state index contributed by atoms with van der Waals surface area (Å²) >= 11 is 0. The monoisotopic (exact) mass is 293 g/mol. The summed E-state index contributed by atoms with van der Waals surface area (Å²) in [5.74, 6) is -0.769. The summed E-state index contributed by atoms with van der Waals surface area (Å²) in [4.78, 5) is 23.9. The Hall–Kier alpha value is -2.15. The minimum absolute atomic E-state index is 0.00527. The second-order valence-corrected chi connectivity index (χ2v) is 5.25. The SMILES string of the molecule is CNCC1CCCN(c2c(C(=O)O)cccc2[N+](=O)[O-])C1. The molecular formula is C14H19N3O4. The Labute approximate surface area is 122 Å². The van der Waals surface area contributed by atoms with Crippen LogP contribution in [0.5, 0.6) is 0 Å². The van der Waals surface area contributed by atoms with Crippen LogP contribution in [0.2, 0.25) is 0 Å². The van der Waals surface area contributed by atoms with Crippen molar-refractivity contribution in [1.82, 2.24) is 5.32 Å². The number of hydrogen-bond donors (Lipinski definition) is 2. The Bertz CT molecular complexity index is 513. The van der Waals surface area contributed by atoms with Crippen LogP contribution in [0.1, 0.15) is 23.2 Å². The fourth-order valence-corrected chi connectivity index (χ4v) is 2.91. The highest BCUT2D eigenvalue weighted by molar-refractivity contribution is 5.97. The van der Waals surface area contributed by atoms with Crippen LogP contribution in [0.3, 0.4) is 0 Å². The van der Waals surface area contributed by atoms with Gasteiger partial charge >= 0.3 is 5.97 Å². The number of benzene rings is 1. The smallest absolute Gasteiger partial charge is 0.338 e. The highest BCUT2D eigenvalue weighted by Gasteiger charge is 2.29. The number of carboxylic acid groups (broad SMARTS) is 1. The van der Waals surface area contributed by atoms with Gasteiger partial charge in [-0.15, -0.1) is 0 Å². The third-order valence-electron chi connectivity index (χ3n) is 3.77. The Morgan fingerprint density at radius 2 is 2.33 bits per heavy atom. The number of rotatable bonds is 5. The molecule has 1 heterocycles. The van der Waals surface area contributed by atoms with E-state index in [1.165, 1.54) is 18.2 Å². The van der Waals surface area contributed by atoms with Gasteiger partial charge in [-0.25, -0.2) is 4.79 Å². The molecule has 2 N–H and O–H groups in total. The summed E-state index contributed by atoms with van der Waals surface area (Å²) in [6, 6.07) is 4.20. The molecule has 2 rings (SSSR count). The van der Waals surface area contributed by atoms with Crippen molar-refractivity contribution in [1.29, 1.82) is 0 Å². The number of hydrogen-bond acceptors (Lipinski definition) is 5. The van der Waals surface area contributed by atoms with Gasteiger partial charge in [-0.2, -0.15) is 0 Å². The molecule has 0 spiro atoms. The van der Waals surface area contributed by atoms with Gasteiger partial charge in [0.05, 0.1) is 10.5 Å². The van der Waals surface area contributed by atoms with Crippen molar-refractivity contribution < 1.29 is 14.8 Å². The number of anilines is 1. The number of nitro benzene ring substituents is 1. The minimum Gasteiger partial charge on any atom is -0.478 e. The molecule has 0 radical (unpaired) electrons. The van der Waals surface area contributed by atoms with E-state index < -0.39 is 10.9 Å². The van der Waals surface area contributed by atoms with Gasteiger partial charge in [-0.05, 0) is 38.4 Å².